The molecule has 0 aromatic heterocycles. The summed E-state index contributed by atoms with van der Waals surface area (Å²) in [6.07, 6.45) is 5.04. The van der Waals surface area contributed by atoms with Crippen LogP contribution in [-0.4, -0.2) is 24.6 Å². The van der Waals surface area contributed by atoms with Gasteiger partial charge in [-0.1, -0.05) is 0 Å². The SMILES string of the molecule is O=C=Nc1cc2c(c(N=C=O)c1)Oc1c(cc(NC=O)cc1N=C=O)C2. The minimum absolute atomic E-state index is 0.119. The normalized spacial score (nSPS) is 10.6. The number of ether oxygens (including phenoxy) is 1. The molecule has 1 heterocycles. The molecule has 0 fully saturated rings. The van der Waals surface area contributed by atoms with Crippen molar-refractivity contribution in [3.63, 3.8) is 0 Å². The quantitative estimate of drug-likeness (QED) is 0.431. The summed E-state index contributed by atoms with van der Waals surface area (Å²) >= 11 is 0. The molecule has 1 N–H and O–H groups in total. The molecule has 0 unspecified atom stereocenters. The molecule has 1 aliphatic heterocycles. The number of fused-ring (bicyclic) bond motifs is 2. The van der Waals surface area contributed by atoms with Gasteiger partial charge in [-0.15, -0.1) is 0 Å². The number of aliphatic imine (C=N–C) groups is 3. The number of nitrogens with zero attached hydrogens (tertiary/aromatic N) is 3. The number of hydrogen-bond acceptors (Lipinski definition) is 8. The van der Waals surface area contributed by atoms with E-state index in [9.17, 15) is 19.2 Å². The summed E-state index contributed by atoms with van der Waals surface area (Å²) < 4.78 is 5.81. The number of rotatable bonds is 5. The Morgan fingerprint density at radius 3 is 2.12 bits per heavy atom. The maximum absolute atomic E-state index is 10.7. The van der Waals surface area contributed by atoms with Crippen LogP contribution >= 0.6 is 0 Å². The zero-order chi connectivity index (χ0) is 18.5. The van der Waals surface area contributed by atoms with Crippen LogP contribution < -0.4 is 10.1 Å². The average molecular weight is 348 g/mol. The fourth-order valence-corrected chi connectivity index (χ4v) is 2.67. The maximum Gasteiger partial charge on any atom is 0.240 e. The first-order chi connectivity index (χ1) is 12.7. The lowest BCUT2D eigenvalue weighted by Gasteiger charge is -2.23. The predicted octanol–water partition coefficient (Wildman–Crippen LogP) is 2.85. The molecule has 0 saturated carbocycles. The van der Waals surface area contributed by atoms with Gasteiger partial charge >= 0.3 is 0 Å². The number of hydrogen-bond donors (Lipinski definition) is 1. The molecule has 9 heteroatoms. The standard InChI is InChI=1S/C17H8N4O5/c22-6-18-12-2-10-1-11-3-13(19-7-23)5-15(21-9-25)17(11)26-16(10)14(4-12)20-8-24/h2-6H,1H2,(H,18,22). The van der Waals surface area contributed by atoms with Crippen molar-refractivity contribution < 1.29 is 23.9 Å². The number of benzene rings is 2. The average Bonchev–Trinajstić information content (AvgIpc) is 2.61. The molecule has 26 heavy (non-hydrogen) atoms. The molecule has 1 amide bonds. The van der Waals surface area contributed by atoms with Gasteiger partial charge in [0.05, 0.1) is 5.69 Å². The van der Waals surface area contributed by atoms with Gasteiger partial charge in [-0.2, -0.15) is 15.0 Å². The predicted molar refractivity (Wildman–Crippen MR) is 88.8 cm³/mol. The second-order valence-corrected chi connectivity index (χ2v) is 5.09. The Labute approximate surface area is 145 Å². The molecule has 0 bridgehead atoms. The number of isocyanates is 3. The van der Waals surface area contributed by atoms with E-state index in [2.05, 4.69) is 20.3 Å². The minimum Gasteiger partial charge on any atom is -0.452 e. The fourth-order valence-electron chi connectivity index (χ4n) is 2.67. The molecule has 0 atom stereocenters. The fraction of sp³-hybridized carbons (Fsp3) is 0.0588. The first-order valence-electron chi connectivity index (χ1n) is 7.15. The zero-order valence-corrected chi connectivity index (χ0v) is 13.0. The van der Waals surface area contributed by atoms with Crippen LogP contribution in [0.15, 0.2) is 39.2 Å². The van der Waals surface area contributed by atoms with Gasteiger partial charge in [-0.05, 0) is 24.3 Å². The van der Waals surface area contributed by atoms with E-state index in [1.54, 1.807) is 12.1 Å². The van der Waals surface area contributed by atoms with Crippen LogP contribution in [0.2, 0.25) is 0 Å². The van der Waals surface area contributed by atoms with Gasteiger partial charge in [0.15, 0.2) is 11.5 Å². The molecule has 0 aliphatic carbocycles. The van der Waals surface area contributed by atoms with Crippen LogP contribution in [0.1, 0.15) is 11.1 Å². The highest BCUT2D eigenvalue weighted by Crippen LogP contribution is 2.48. The minimum atomic E-state index is 0.119. The monoisotopic (exact) mass is 348 g/mol. The lowest BCUT2D eigenvalue weighted by Crippen LogP contribution is -2.05. The molecule has 2 aromatic carbocycles. The Morgan fingerprint density at radius 1 is 0.885 bits per heavy atom. The van der Waals surface area contributed by atoms with Crippen molar-refractivity contribution in [1.82, 2.24) is 0 Å². The summed E-state index contributed by atoms with van der Waals surface area (Å²) in [7, 11) is 0. The molecule has 2 aromatic rings. The largest absolute Gasteiger partial charge is 0.452 e. The van der Waals surface area contributed by atoms with Gasteiger partial charge in [0.2, 0.25) is 24.6 Å². The van der Waals surface area contributed by atoms with Crippen molar-refractivity contribution in [2.75, 3.05) is 5.32 Å². The van der Waals surface area contributed by atoms with Crippen molar-refractivity contribution in [2.24, 2.45) is 15.0 Å². The molecule has 0 radical (unpaired) electrons. The Balaban J connectivity index is 2.21. The highest BCUT2D eigenvalue weighted by molar-refractivity contribution is 5.79. The topological polar surface area (TPSA) is 127 Å². The lowest BCUT2D eigenvalue weighted by atomic mass is 9.97. The number of carbonyl (C=O) groups is 1. The van der Waals surface area contributed by atoms with E-state index in [0.29, 0.717) is 29.6 Å². The summed E-state index contributed by atoms with van der Waals surface area (Å²) in [4.78, 5) is 53.3. The number of nitrogens with one attached hydrogen (secondary N) is 1. The second-order valence-electron chi connectivity index (χ2n) is 5.09. The van der Waals surface area contributed by atoms with E-state index < -0.39 is 0 Å². The first kappa shape index (κ1) is 16.7. The number of carbonyl (C=O) groups excluding carboxylic acids is 4. The molecule has 0 spiro atoms. The molecule has 3 rings (SSSR count). The van der Waals surface area contributed by atoms with Crippen molar-refractivity contribution in [1.29, 1.82) is 0 Å². The summed E-state index contributed by atoms with van der Waals surface area (Å²) in [6.45, 7) is 0. The smallest absolute Gasteiger partial charge is 0.240 e. The van der Waals surface area contributed by atoms with Crippen molar-refractivity contribution in [3.8, 4) is 11.5 Å². The summed E-state index contributed by atoms with van der Waals surface area (Å²) in [5, 5.41) is 2.48. The van der Waals surface area contributed by atoms with Gasteiger partial charge in [-0.3, -0.25) is 4.79 Å². The van der Waals surface area contributed by atoms with Gasteiger partial charge in [0.25, 0.3) is 0 Å². The van der Waals surface area contributed by atoms with Gasteiger partial charge < -0.3 is 10.1 Å². The third-order valence-corrected chi connectivity index (χ3v) is 3.59. The van der Waals surface area contributed by atoms with Gasteiger partial charge in [0, 0.05) is 23.2 Å². The van der Waals surface area contributed by atoms with E-state index in [-0.39, 0.29) is 28.6 Å². The Hall–Kier alpha value is -4.15. The van der Waals surface area contributed by atoms with E-state index in [1.807, 2.05) is 0 Å². The molecule has 126 valence electrons. The van der Waals surface area contributed by atoms with Crippen LogP contribution in [-0.2, 0) is 25.6 Å². The molecular weight excluding hydrogens is 340 g/mol. The van der Waals surface area contributed by atoms with Gasteiger partial charge in [0.1, 0.15) is 11.4 Å². The third-order valence-electron chi connectivity index (χ3n) is 3.59. The first-order valence-corrected chi connectivity index (χ1v) is 7.15. The zero-order valence-electron chi connectivity index (χ0n) is 13.0. The maximum atomic E-state index is 10.7. The van der Waals surface area contributed by atoms with Crippen molar-refractivity contribution in [2.45, 2.75) is 6.42 Å². The Morgan fingerprint density at radius 2 is 1.50 bits per heavy atom. The highest BCUT2D eigenvalue weighted by atomic mass is 16.5. The van der Waals surface area contributed by atoms with Gasteiger partial charge in [-0.25, -0.2) is 14.4 Å². The summed E-state index contributed by atoms with van der Waals surface area (Å²) in [5.74, 6) is 0.524. The third kappa shape index (κ3) is 3.08. The highest BCUT2D eigenvalue weighted by Gasteiger charge is 2.24. The van der Waals surface area contributed by atoms with E-state index in [4.69, 9.17) is 4.74 Å². The Kier molecular flexibility index (Phi) is 4.60. The molecule has 1 aliphatic rings. The summed E-state index contributed by atoms with van der Waals surface area (Å²) in [5.41, 5.74) is 2.14. The van der Waals surface area contributed by atoms with Crippen molar-refractivity contribution >= 4 is 47.4 Å². The molecular formula is C17H8N4O5. The molecule has 9 nitrogen and oxygen atoms in total. The summed E-state index contributed by atoms with van der Waals surface area (Å²) in [6, 6.07) is 6.03. The van der Waals surface area contributed by atoms with E-state index in [0.717, 1.165) is 0 Å². The van der Waals surface area contributed by atoms with Crippen LogP contribution in [0, 0.1) is 0 Å². The second kappa shape index (κ2) is 7.17. The van der Waals surface area contributed by atoms with Crippen molar-refractivity contribution in [3.05, 3.63) is 35.4 Å². The molecule has 0 saturated heterocycles. The van der Waals surface area contributed by atoms with Crippen LogP contribution in [0.25, 0.3) is 0 Å². The van der Waals surface area contributed by atoms with Crippen LogP contribution in [0.5, 0.6) is 11.5 Å². The number of anilines is 1. The Bertz CT molecular complexity index is 1060. The number of amides is 1. The van der Waals surface area contributed by atoms with E-state index >= 15 is 0 Å². The van der Waals surface area contributed by atoms with E-state index in [1.165, 1.54) is 30.4 Å². The lowest BCUT2D eigenvalue weighted by molar-refractivity contribution is -0.105. The van der Waals surface area contributed by atoms with Crippen LogP contribution in [0.4, 0.5) is 22.7 Å². The van der Waals surface area contributed by atoms with Crippen LogP contribution in [0.3, 0.4) is 0 Å².